The highest BCUT2D eigenvalue weighted by Crippen LogP contribution is 2.27. The van der Waals surface area contributed by atoms with E-state index in [0.717, 1.165) is 0 Å². The van der Waals surface area contributed by atoms with E-state index in [1.807, 2.05) is 0 Å². The van der Waals surface area contributed by atoms with Crippen molar-refractivity contribution < 1.29 is 40.6 Å². The second kappa shape index (κ2) is 8.42. The quantitative estimate of drug-likeness (QED) is 0.339. The van der Waals surface area contributed by atoms with Crippen LogP contribution in [0.2, 0.25) is 0 Å². The minimum Gasteiger partial charge on any atom is -0.412 e. The minimum atomic E-state index is -5.00. The Balaban J connectivity index is 4.53. The number of hydrogen-bond acceptors (Lipinski definition) is 3. The third kappa shape index (κ3) is 11.1. The Morgan fingerprint density at radius 3 is 1.29 bits per heavy atom. The van der Waals surface area contributed by atoms with Gasteiger partial charge in [0, 0.05) is 0 Å². The molecule has 0 bridgehead atoms. The fourth-order valence-corrected chi connectivity index (χ4v) is 1.14. The first-order valence-electron chi connectivity index (χ1n) is 4.45. The van der Waals surface area contributed by atoms with Crippen LogP contribution in [0.1, 0.15) is 0 Å². The van der Waals surface area contributed by atoms with Crippen molar-refractivity contribution in [3.05, 3.63) is 22.6 Å². The number of halogens is 10. The Hall–Kier alpha value is -0.220. The summed E-state index contributed by atoms with van der Waals surface area (Å²) in [6.07, 6.45) is -9.97. The summed E-state index contributed by atoms with van der Waals surface area (Å²) in [6.45, 7) is 0. The second-order valence-corrected chi connectivity index (χ2v) is 4.57. The molecule has 124 valence electrons. The van der Waals surface area contributed by atoms with Gasteiger partial charge in [-0.05, 0) is 0 Å². The molecule has 2 atom stereocenters. The smallest absolute Gasteiger partial charge is 0.412 e. The monoisotopic (exact) mass is 402 g/mol. The summed E-state index contributed by atoms with van der Waals surface area (Å²) < 4.78 is 81.1. The van der Waals surface area contributed by atoms with E-state index in [9.17, 15) is 26.3 Å². The maximum absolute atomic E-state index is 11.7. The zero-order chi connectivity index (χ0) is 16.8. The molecule has 0 saturated heterocycles. The molecule has 2 unspecified atom stereocenters. The highest BCUT2D eigenvalue weighted by molar-refractivity contribution is 6.38. The molecule has 0 rings (SSSR count). The molecule has 21 heavy (non-hydrogen) atoms. The predicted molar refractivity (Wildman–Crippen MR) is 62.5 cm³/mol. The topological polar surface area (TPSA) is 27.7 Å². The molecule has 0 radical (unpaired) electrons. The van der Waals surface area contributed by atoms with Gasteiger partial charge in [-0.15, -0.1) is 26.3 Å². The number of ether oxygens (including phenoxy) is 3. The molecule has 0 aromatic rings. The maximum atomic E-state index is 11.7. The Labute approximate surface area is 133 Å². The van der Waals surface area contributed by atoms with Crippen molar-refractivity contribution in [3.63, 3.8) is 0 Å². The van der Waals surface area contributed by atoms with Crippen molar-refractivity contribution in [1.29, 1.82) is 0 Å². The highest BCUT2D eigenvalue weighted by Gasteiger charge is 2.31. The van der Waals surface area contributed by atoms with Crippen molar-refractivity contribution in [3.8, 4) is 0 Å². The lowest BCUT2D eigenvalue weighted by Gasteiger charge is -2.15. The molecule has 0 aromatic carbocycles. The predicted octanol–water partition coefficient (Wildman–Crippen LogP) is 5.37. The lowest BCUT2D eigenvalue weighted by Crippen LogP contribution is -2.16. The lowest BCUT2D eigenvalue weighted by molar-refractivity contribution is -0.299. The molecule has 0 amide bonds. The molecule has 0 fully saturated rings. The summed E-state index contributed by atoms with van der Waals surface area (Å²) in [7, 11) is 0. The van der Waals surface area contributed by atoms with E-state index >= 15 is 0 Å². The van der Waals surface area contributed by atoms with Crippen molar-refractivity contribution in [1.82, 2.24) is 0 Å². The zero-order valence-corrected chi connectivity index (χ0v) is 12.3. The van der Waals surface area contributed by atoms with Crippen LogP contribution in [-0.4, -0.2) is 23.9 Å². The molecule has 0 saturated carbocycles. The molecular formula is C8H4Cl4F6O3. The molecule has 0 aliphatic rings. The molecule has 3 nitrogen and oxygen atoms in total. The molecular weight excluding hydrogens is 400 g/mol. The Kier molecular flexibility index (Phi) is 8.33. The van der Waals surface area contributed by atoms with Gasteiger partial charge < -0.3 is 14.2 Å². The van der Waals surface area contributed by atoms with Gasteiger partial charge in [0.2, 0.25) is 0 Å². The SMILES string of the molecule is FC(F)(F)OC=C(Cl)C(Cl)OC(Cl)C(Cl)=COC(F)(F)F. The molecule has 0 N–H and O–H groups in total. The van der Waals surface area contributed by atoms with Crippen LogP contribution in [0.4, 0.5) is 26.3 Å². The molecule has 0 heterocycles. The van der Waals surface area contributed by atoms with E-state index in [-0.39, 0.29) is 12.5 Å². The third-order valence-electron chi connectivity index (χ3n) is 1.28. The molecule has 13 heteroatoms. The zero-order valence-electron chi connectivity index (χ0n) is 9.31. The minimum absolute atomic E-state index is 0.0205. The van der Waals surface area contributed by atoms with Crippen molar-refractivity contribution >= 4 is 46.4 Å². The van der Waals surface area contributed by atoms with Crippen LogP contribution in [-0.2, 0) is 14.2 Å². The van der Waals surface area contributed by atoms with Crippen LogP contribution in [0, 0.1) is 0 Å². The van der Waals surface area contributed by atoms with Crippen LogP contribution in [0.15, 0.2) is 22.6 Å². The van der Waals surface area contributed by atoms with Gasteiger partial charge in [0.25, 0.3) is 0 Å². The largest absolute Gasteiger partial charge is 0.572 e. The summed E-state index contributed by atoms with van der Waals surface area (Å²) in [5.41, 5.74) is -3.52. The van der Waals surface area contributed by atoms with Crippen molar-refractivity contribution in [2.24, 2.45) is 0 Å². The van der Waals surface area contributed by atoms with E-state index in [0.29, 0.717) is 0 Å². The Morgan fingerprint density at radius 1 is 0.762 bits per heavy atom. The van der Waals surface area contributed by atoms with Gasteiger partial charge in [-0.25, -0.2) is 0 Å². The van der Waals surface area contributed by atoms with Gasteiger partial charge in [0.05, 0.1) is 10.1 Å². The van der Waals surface area contributed by atoms with Crippen LogP contribution in [0.5, 0.6) is 0 Å². The first-order valence-corrected chi connectivity index (χ1v) is 6.08. The van der Waals surface area contributed by atoms with Crippen molar-refractivity contribution in [2.45, 2.75) is 23.9 Å². The summed E-state index contributed by atoms with van der Waals surface area (Å²) in [5.74, 6) is 0. The average Bonchev–Trinajstić information content (AvgIpc) is 2.30. The fraction of sp³-hybridized carbons (Fsp3) is 0.500. The molecule has 0 aliphatic heterocycles. The number of rotatable bonds is 6. The Morgan fingerprint density at radius 2 is 1.05 bits per heavy atom. The highest BCUT2D eigenvalue weighted by atomic mass is 35.5. The molecule has 0 aromatic heterocycles. The molecule has 0 spiro atoms. The summed E-state index contributed by atoms with van der Waals surface area (Å²) in [6, 6.07) is 0. The number of hydrogen-bond donors (Lipinski definition) is 0. The summed E-state index contributed by atoms with van der Waals surface area (Å²) in [5, 5.41) is -1.55. The molecule has 0 aliphatic carbocycles. The van der Waals surface area contributed by atoms with Crippen LogP contribution in [0.25, 0.3) is 0 Å². The van der Waals surface area contributed by atoms with Crippen LogP contribution in [0.3, 0.4) is 0 Å². The first kappa shape index (κ1) is 20.8. The lowest BCUT2D eigenvalue weighted by atomic mass is 10.6. The fourth-order valence-electron chi connectivity index (χ4n) is 0.588. The van der Waals surface area contributed by atoms with Gasteiger partial charge in [0.1, 0.15) is 12.5 Å². The van der Waals surface area contributed by atoms with E-state index < -0.39 is 33.9 Å². The maximum Gasteiger partial charge on any atom is 0.572 e. The van der Waals surface area contributed by atoms with Gasteiger partial charge in [-0.2, -0.15) is 0 Å². The van der Waals surface area contributed by atoms with E-state index in [2.05, 4.69) is 14.2 Å². The normalized spacial score (nSPS) is 17.4. The average molecular weight is 404 g/mol. The van der Waals surface area contributed by atoms with Gasteiger partial charge in [-0.3, -0.25) is 0 Å². The first-order chi connectivity index (χ1) is 9.32. The van der Waals surface area contributed by atoms with Crippen LogP contribution < -0.4 is 0 Å². The van der Waals surface area contributed by atoms with Gasteiger partial charge >= 0.3 is 12.7 Å². The van der Waals surface area contributed by atoms with Gasteiger partial charge in [0.15, 0.2) is 11.1 Å². The number of alkyl halides is 8. The standard InChI is InChI=1S/C8H4Cl4F6O3/c9-3(1-19-7(13,14)15)5(11)21-6(12)4(10)2-20-8(16,17)18/h1-2,5-6H. The van der Waals surface area contributed by atoms with E-state index in [4.69, 9.17) is 46.4 Å². The van der Waals surface area contributed by atoms with Crippen molar-refractivity contribution in [2.75, 3.05) is 0 Å². The van der Waals surface area contributed by atoms with Crippen LogP contribution >= 0.6 is 46.4 Å². The third-order valence-corrected chi connectivity index (χ3v) is 2.76. The van der Waals surface area contributed by atoms with Gasteiger partial charge in [-0.1, -0.05) is 46.4 Å². The Bertz CT molecular complexity index is 358. The summed E-state index contributed by atoms with van der Waals surface area (Å²) in [4.78, 5) is 0. The van der Waals surface area contributed by atoms with E-state index in [1.165, 1.54) is 0 Å². The summed E-state index contributed by atoms with van der Waals surface area (Å²) >= 11 is 21.3. The second-order valence-electron chi connectivity index (χ2n) is 2.90. The van der Waals surface area contributed by atoms with E-state index in [1.54, 1.807) is 0 Å².